The van der Waals surface area contributed by atoms with Crippen LogP contribution < -0.4 is 36.3 Å². The lowest BCUT2D eigenvalue weighted by Crippen LogP contribution is -2.62. The molecular weight excluding hydrogens is 977 g/mol. The summed E-state index contributed by atoms with van der Waals surface area (Å²) in [4.78, 5) is 7.68. The molecule has 70 heavy (non-hydrogen) atoms. The Balaban J connectivity index is 1.33. The van der Waals surface area contributed by atoms with E-state index in [1.165, 1.54) is 83.4 Å². The summed E-state index contributed by atoms with van der Waals surface area (Å²) in [6, 6.07) is 69.0. The van der Waals surface area contributed by atoms with Crippen LogP contribution in [0.2, 0.25) is 13.1 Å². The minimum Gasteiger partial charge on any atom is -0.311 e. The molecular formula is C64H61BIN3Si. The molecule has 346 valence electrons. The average Bonchev–Trinajstić information content (AvgIpc) is 3.36. The van der Waals surface area contributed by atoms with Crippen LogP contribution in [0.15, 0.2) is 200 Å². The zero-order valence-corrected chi connectivity index (χ0v) is 44.9. The second kappa shape index (κ2) is 17.8. The maximum atomic E-state index is 2.71. The lowest BCUT2D eigenvalue weighted by atomic mass is 9.31. The van der Waals surface area contributed by atoms with Crippen molar-refractivity contribution in [1.29, 1.82) is 0 Å². The molecule has 0 atom stereocenters. The van der Waals surface area contributed by atoms with Crippen LogP contribution in [-0.2, 0) is 10.8 Å². The standard InChI is InChI=1S/C64H61BIN3Si/c1-63(2,3)46-39-47(64(4,5)6)41-51(40-46)69-57-34-22-32-55(45-25-15-10-16-26-45)61(57)65-60-54(44-23-13-9-14-24-44)31-21-33-56(60)68(50-35-37-53(38-36-50)70(7,8)66)58-42-52(43-59(69)62(58)65)67(48-27-17-11-18-28-48)49-29-19-12-20-30-49/h10-13,15-43H,9,14H2,1-8H3. The molecule has 0 saturated heterocycles. The first-order valence-corrected chi connectivity index (χ1v) is 31.1. The van der Waals surface area contributed by atoms with Crippen molar-refractivity contribution in [2.45, 2.75) is 78.3 Å². The molecule has 0 radical (unpaired) electrons. The number of fused-ring (bicyclic) bond motifs is 4. The Morgan fingerprint density at radius 1 is 0.486 bits per heavy atom. The SMILES string of the molecule is CC(C)(C)c1cc(N2c3cccc(-c4ccccc4)c3B3c4c(C5=CCCC=C5)cccc4N(c4ccc([Si](C)(C)I)cc4)c4cc(N(c5ccccc5)c5ccccc5)cc2c43)cc(C(C)(C)C)c1. The van der Waals surface area contributed by atoms with Crippen LogP contribution in [0.5, 0.6) is 0 Å². The zero-order valence-electron chi connectivity index (χ0n) is 41.8. The molecule has 0 aromatic heterocycles. The highest BCUT2D eigenvalue weighted by atomic mass is 127. The number of hydrogen-bond donors (Lipinski definition) is 0. The summed E-state index contributed by atoms with van der Waals surface area (Å²) >= 11 is 2.71. The third kappa shape index (κ3) is 8.26. The van der Waals surface area contributed by atoms with E-state index in [2.05, 4.69) is 291 Å². The fourth-order valence-corrected chi connectivity index (χ4v) is 12.9. The van der Waals surface area contributed by atoms with Crippen LogP contribution in [-0.4, -0.2) is 12.3 Å². The summed E-state index contributed by atoms with van der Waals surface area (Å²) in [5.41, 5.74) is 20.3. The maximum Gasteiger partial charge on any atom is 0.253 e. The largest absolute Gasteiger partial charge is 0.311 e. The van der Waals surface area contributed by atoms with Crippen LogP contribution in [0.1, 0.15) is 71.1 Å². The molecule has 2 aliphatic heterocycles. The molecule has 0 N–H and O–H groups in total. The molecule has 3 nitrogen and oxygen atoms in total. The molecule has 8 aromatic carbocycles. The van der Waals surface area contributed by atoms with Crippen molar-refractivity contribution in [1.82, 2.24) is 0 Å². The van der Waals surface area contributed by atoms with Crippen LogP contribution in [0.3, 0.4) is 0 Å². The Hall–Kier alpha value is -6.35. The summed E-state index contributed by atoms with van der Waals surface area (Å²) in [5.74, 6) is 0. The van der Waals surface area contributed by atoms with E-state index in [4.69, 9.17) is 0 Å². The third-order valence-corrected chi connectivity index (χ3v) is 18.1. The number of allylic oxidation sites excluding steroid dienone is 4. The lowest BCUT2D eigenvalue weighted by molar-refractivity contribution is 0.569. The Morgan fingerprint density at radius 3 is 1.51 bits per heavy atom. The summed E-state index contributed by atoms with van der Waals surface area (Å²) in [6.07, 6.45) is 9.28. The fourth-order valence-electron chi connectivity index (χ4n) is 10.9. The van der Waals surface area contributed by atoms with Gasteiger partial charge in [-0.1, -0.05) is 182 Å². The number of nitrogens with zero attached hydrogens (tertiary/aromatic N) is 3. The van der Waals surface area contributed by atoms with Gasteiger partial charge in [0.05, 0.1) is 5.69 Å². The van der Waals surface area contributed by atoms with Crippen molar-refractivity contribution in [2.24, 2.45) is 0 Å². The molecule has 0 unspecified atom stereocenters. The average molecular weight is 1040 g/mol. The topological polar surface area (TPSA) is 9.72 Å². The van der Waals surface area contributed by atoms with Crippen molar-refractivity contribution in [3.05, 3.63) is 217 Å². The number of anilines is 9. The molecule has 0 saturated carbocycles. The molecule has 6 heteroatoms. The van der Waals surface area contributed by atoms with E-state index in [-0.39, 0.29) is 17.5 Å². The molecule has 8 aromatic rings. The maximum absolute atomic E-state index is 2.71. The predicted octanol–water partition coefficient (Wildman–Crippen LogP) is 16.1. The summed E-state index contributed by atoms with van der Waals surface area (Å²) in [7, 11) is 0. The van der Waals surface area contributed by atoms with E-state index >= 15 is 0 Å². The van der Waals surface area contributed by atoms with Gasteiger partial charge in [-0.15, -0.1) is 21.8 Å². The third-order valence-electron chi connectivity index (χ3n) is 14.5. The van der Waals surface area contributed by atoms with Gasteiger partial charge in [0.1, 0.15) is 5.57 Å². The van der Waals surface area contributed by atoms with Gasteiger partial charge in [0, 0.05) is 45.5 Å². The number of halogens is 1. The summed E-state index contributed by atoms with van der Waals surface area (Å²) < 4.78 is 0. The van der Waals surface area contributed by atoms with E-state index in [1.807, 2.05) is 0 Å². The molecule has 0 fully saturated rings. The second-order valence-electron chi connectivity index (χ2n) is 21.8. The van der Waals surface area contributed by atoms with Crippen molar-refractivity contribution in [3.63, 3.8) is 0 Å². The number of rotatable bonds is 8. The van der Waals surface area contributed by atoms with Gasteiger partial charge < -0.3 is 14.7 Å². The fraction of sp³-hybridized carbons (Fsp3) is 0.188. The predicted molar refractivity (Wildman–Crippen MR) is 315 cm³/mol. The molecule has 2 heterocycles. The minimum atomic E-state index is -1.63. The van der Waals surface area contributed by atoms with Crippen molar-refractivity contribution >= 4 is 112 Å². The Bertz CT molecular complexity index is 3250. The summed E-state index contributed by atoms with van der Waals surface area (Å²) in [6.45, 7) is 18.9. The lowest BCUT2D eigenvalue weighted by Gasteiger charge is -2.46. The minimum absolute atomic E-state index is 0.0881. The molecule has 0 amide bonds. The number of benzene rings is 8. The zero-order chi connectivity index (χ0) is 48.5. The van der Waals surface area contributed by atoms with E-state index in [9.17, 15) is 0 Å². The highest BCUT2D eigenvalue weighted by Gasteiger charge is 2.46. The van der Waals surface area contributed by atoms with Crippen molar-refractivity contribution < 1.29 is 0 Å². The molecule has 3 aliphatic rings. The van der Waals surface area contributed by atoms with Crippen molar-refractivity contribution in [3.8, 4) is 11.1 Å². The first-order chi connectivity index (χ1) is 33.6. The van der Waals surface area contributed by atoms with E-state index in [0.29, 0.717) is 0 Å². The highest BCUT2D eigenvalue weighted by molar-refractivity contribution is 14.1. The quantitative estimate of drug-likeness (QED) is 0.0853. The highest BCUT2D eigenvalue weighted by Crippen LogP contribution is 2.50. The van der Waals surface area contributed by atoms with Gasteiger partial charge in [-0.25, -0.2) is 0 Å². The Kier molecular flexibility index (Phi) is 11.7. The van der Waals surface area contributed by atoms with Gasteiger partial charge in [0.25, 0.3) is 6.71 Å². The number of para-hydroxylation sites is 2. The first kappa shape index (κ1) is 46.1. The van der Waals surface area contributed by atoms with Gasteiger partial charge >= 0.3 is 0 Å². The first-order valence-electron chi connectivity index (χ1n) is 25.0. The Morgan fingerprint density at radius 2 is 1.00 bits per heavy atom. The molecule has 1 aliphatic carbocycles. The molecule has 11 rings (SSSR count). The normalized spacial score (nSPS) is 14.2. The second-order valence-corrected chi connectivity index (χ2v) is 33.4. The van der Waals surface area contributed by atoms with Crippen LogP contribution >= 0.6 is 21.8 Å². The van der Waals surface area contributed by atoms with Gasteiger partial charge in [-0.3, -0.25) is 0 Å². The van der Waals surface area contributed by atoms with Crippen LogP contribution in [0, 0.1) is 0 Å². The number of hydrogen-bond acceptors (Lipinski definition) is 3. The van der Waals surface area contributed by atoms with E-state index in [1.54, 1.807) is 0 Å². The van der Waals surface area contributed by atoms with Crippen LogP contribution in [0.25, 0.3) is 16.7 Å². The monoisotopic (exact) mass is 1040 g/mol. The smallest absolute Gasteiger partial charge is 0.253 e. The van der Waals surface area contributed by atoms with Gasteiger partial charge in [-0.2, -0.15) is 0 Å². The van der Waals surface area contributed by atoms with Crippen LogP contribution in [0.4, 0.5) is 51.2 Å². The van der Waals surface area contributed by atoms with Gasteiger partial charge in [0.2, 0.25) is 0 Å². The van der Waals surface area contributed by atoms with Crippen molar-refractivity contribution in [2.75, 3.05) is 14.7 Å². The van der Waals surface area contributed by atoms with Gasteiger partial charge in [0.15, 0.2) is 0 Å². The summed E-state index contributed by atoms with van der Waals surface area (Å²) in [5, 5.41) is 1.44. The molecule has 0 spiro atoms. The van der Waals surface area contributed by atoms with E-state index < -0.39 is 5.57 Å². The van der Waals surface area contributed by atoms with E-state index in [0.717, 1.165) is 35.6 Å². The van der Waals surface area contributed by atoms with Gasteiger partial charge in [-0.05, 0) is 151 Å². The molecule has 0 bridgehead atoms. The Labute approximate surface area is 430 Å².